The predicted molar refractivity (Wildman–Crippen MR) is 95.5 cm³/mol. The SMILES string of the molecule is CNC[C@H]1CCN(C(=O)c2csc(-c3ccc(Cl)cc3Cl)n2)C1. The van der Waals surface area contributed by atoms with Crippen LogP contribution in [0.2, 0.25) is 10.0 Å². The summed E-state index contributed by atoms with van der Waals surface area (Å²) in [6.07, 6.45) is 1.03. The Bertz CT molecular complexity index is 719. The van der Waals surface area contributed by atoms with Gasteiger partial charge in [-0.15, -0.1) is 11.3 Å². The molecule has 1 aromatic carbocycles. The molecular formula is C16H17Cl2N3OS. The van der Waals surface area contributed by atoms with Crippen molar-refractivity contribution in [3.63, 3.8) is 0 Å². The second-order valence-electron chi connectivity index (χ2n) is 5.63. The van der Waals surface area contributed by atoms with Crippen molar-refractivity contribution in [1.29, 1.82) is 0 Å². The number of aromatic nitrogens is 1. The Morgan fingerprint density at radius 2 is 2.30 bits per heavy atom. The van der Waals surface area contributed by atoms with E-state index in [0.717, 1.165) is 36.6 Å². The van der Waals surface area contributed by atoms with Crippen LogP contribution in [0.3, 0.4) is 0 Å². The monoisotopic (exact) mass is 369 g/mol. The Labute approximate surface area is 149 Å². The normalized spacial score (nSPS) is 17.7. The molecule has 0 bridgehead atoms. The second-order valence-corrected chi connectivity index (χ2v) is 7.33. The zero-order valence-electron chi connectivity index (χ0n) is 12.7. The molecule has 2 aromatic rings. The van der Waals surface area contributed by atoms with Gasteiger partial charge in [0.15, 0.2) is 0 Å². The molecule has 1 aliphatic heterocycles. The summed E-state index contributed by atoms with van der Waals surface area (Å²) in [5, 5.41) is 6.83. The smallest absolute Gasteiger partial charge is 0.273 e. The summed E-state index contributed by atoms with van der Waals surface area (Å²) < 4.78 is 0. The second kappa shape index (κ2) is 7.18. The van der Waals surface area contributed by atoms with E-state index in [-0.39, 0.29) is 5.91 Å². The lowest BCUT2D eigenvalue weighted by atomic mass is 10.1. The Hall–Kier alpha value is -1.14. The minimum Gasteiger partial charge on any atom is -0.337 e. The highest BCUT2D eigenvalue weighted by Gasteiger charge is 2.27. The molecule has 23 heavy (non-hydrogen) atoms. The first-order valence-corrected chi connectivity index (χ1v) is 9.07. The molecule has 0 aliphatic carbocycles. The molecule has 7 heteroatoms. The van der Waals surface area contributed by atoms with Crippen molar-refractivity contribution in [2.75, 3.05) is 26.7 Å². The topological polar surface area (TPSA) is 45.2 Å². The van der Waals surface area contributed by atoms with Gasteiger partial charge in [0.1, 0.15) is 10.7 Å². The summed E-state index contributed by atoms with van der Waals surface area (Å²) in [5.74, 6) is 0.518. The average molecular weight is 370 g/mol. The van der Waals surface area contributed by atoms with Gasteiger partial charge in [0.25, 0.3) is 5.91 Å². The molecule has 1 atom stereocenters. The molecular weight excluding hydrogens is 353 g/mol. The van der Waals surface area contributed by atoms with Gasteiger partial charge in [-0.05, 0) is 44.1 Å². The molecule has 4 nitrogen and oxygen atoms in total. The third kappa shape index (κ3) is 3.69. The van der Waals surface area contributed by atoms with E-state index in [4.69, 9.17) is 23.2 Å². The maximum atomic E-state index is 12.6. The molecule has 3 rings (SSSR count). The Morgan fingerprint density at radius 3 is 3.04 bits per heavy atom. The fourth-order valence-corrected chi connectivity index (χ4v) is 4.18. The molecule has 122 valence electrons. The summed E-state index contributed by atoms with van der Waals surface area (Å²) >= 11 is 13.6. The van der Waals surface area contributed by atoms with Crippen LogP contribution in [0, 0.1) is 5.92 Å². The number of amides is 1. The van der Waals surface area contributed by atoms with Crippen LogP contribution >= 0.6 is 34.5 Å². The van der Waals surface area contributed by atoms with E-state index in [2.05, 4.69) is 10.3 Å². The number of hydrogen-bond donors (Lipinski definition) is 1. The van der Waals surface area contributed by atoms with E-state index in [0.29, 0.717) is 21.7 Å². The van der Waals surface area contributed by atoms with Crippen molar-refractivity contribution >= 4 is 40.4 Å². The fraction of sp³-hybridized carbons (Fsp3) is 0.375. The lowest BCUT2D eigenvalue weighted by Crippen LogP contribution is -2.30. The summed E-state index contributed by atoms with van der Waals surface area (Å²) in [5.41, 5.74) is 1.29. The summed E-state index contributed by atoms with van der Waals surface area (Å²) in [4.78, 5) is 18.9. The lowest BCUT2D eigenvalue weighted by molar-refractivity contribution is 0.0782. The van der Waals surface area contributed by atoms with Crippen LogP contribution in [0.5, 0.6) is 0 Å². The van der Waals surface area contributed by atoms with Crippen molar-refractivity contribution in [2.24, 2.45) is 5.92 Å². The first kappa shape index (κ1) is 16.7. The molecule has 1 amide bonds. The van der Waals surface area contributed by atoms with Gasteiger partial charge in [0.2, 0.25) is 0 Å². The maximum absolute atomic E-state index is 12.6. The van der Waals surface area contributed by atoms with Crippen LogP contribution in [0.15, 0.2) is 23.6 Å². The van der Waals surface area contributed by atoms with Crippen LogP contribution in [-0.2, 0) is 0 Å². The van der Waals surface area contributed by atoms with Gasteiger partial charge in [0.05, 0.1) is 5.02 Å². The van der Waals surface area contributed by atoms with Gasteiger partial charge >= 0.3 is 0 Å². The number of nitrogens with one attached hydrogen (secondary N) is 1. The van der Waals surface area contributed by atoms with Crippen LogP contribution in [0.4, 0.5) is 0 Å². The van der Waals surface area contributed by atoms with Gasteiger partial charge in [-0.3, -0.25) is 4.79 Å². The molecule has 1 fully saturated rings. The zero-order valence-corrected chi connectivity index (χ0v) is 15.0. The average Bonchev–Trinajstić information content (AvgIpc) is 3.16. The number of thiazole rings is 1. The third-order valence-corrected chi connectivity index (χ3v) is 5.37. The number of likely N-dealkylation sites (tertiary alicyclic amines) is 1. The Morgan fingerprint density at radius 1 is 1.48 bits per heavy atom. The van der Waals surface area contributed by atoms with Crippen LogP contribution in [0.1, 0.15) is 16.9 Å². The number of benzene rings is 1. The molecule has 1 aromatic heterocycles. The number of hydrogen-bond acceptors (Lipinski definition) is 4. The van der Waals surface area contributed by atoms with Crippen molar-refractivity contribution in [1.82, 2.24) is 15.2 Å². The standard InChI is InChI=1S/C16H17Cl2N3OS/c1-19-7-10-4-5-21(8-10)16(22)14-9-23-15(20-14)12-3-2-11(17)6-13(12)18/h2-3,6,9-10,19H,4-5,7-8H2,1H3/t10-/m1/s1. The molecule has 1 saturated heterocycles. The number of halogens is 2. The fourth-order valence-electron chi connectivity index (χ4n) is 2.79. The Kier molecular flexibility index (Phi) is 5.21. The molecule has 0 saturated carbocycles. The van der Waals surface area contributed by atoms with E-state index < -0.39 is 0 Å². The molecule has 0 spiro atoms. The van der Waals surface area contributed by atoms with Crippen molar-refractivity contribution in [2.45, 2.75) is 6.42 Å². The van der Waals surface area contributed by atoms with E-state index in [1.165, 1.54) is 11.3 Å². The summed E-state index contributed by atoms with van der Waals surface area (Å²) in [7, 11) is 1.94. The maximum Gasteiger partial charge on any atom is 0.273 e. The molecule has 0 unspecified atom stereocenters. The van der Waals surface area contributed by atoms with Crippen molar-refractivity contribution in [3.05, 3.63) is 39.3 Å². The Balaban J connectivity index is 1.75. The minimum atomic E-state index is -0.00353. The molecule has 2 heterocycles. The number of carbonyl (C=O) groups excluding carboxylic acids is 1. The molecule has 0 radical (unpaired) electrons. The van der Waals surface area contributed by atoms with Crippen LogP contribution in [0.25, 0.3) is 10.6 Å². The third-order valence-electron chi connectivity index (χ3n) is 3.95. The van der Waals surface area contributed by atoms with Crippen LogP contribution in [-0.4, -0.2) is 42.5 Å². The van der Waals surface area contributed by atoms with E-state index in [1.54, 1.807) is 17.5 Å². The first-order chi connectivity index (χ1) is 11.1. The highest BCUT2D eigenvalue weighted by molar-refractivity contribution is 7.13. The van der Waals surface area contributed by atoms with Crippen molar-refractivity contribution < 1.29 is 4.79 Å². The van der Waals surface area contributed by atoms with E-state index >= 15 is 0 Å². The largest absolute Gasteiger partial charge is 0.337 e. The van der Waals surface area contributed by atoms with E-state index in [1.807, 2.05) is 18.0 Å². The molecule has 1 N–H and O–H groups in total. The van der Waals surface area contributed by atoms with Gasteiger partial charge in [-0.1, -0.05) is 23.2 Å². The van der Waals surface area contributed by atoms with Crippen LogP contribution < -0.4 is 5.32 Å². The minimum absolute atomic E-state index is 0.00353. The van der Waals surface area contributed by atoms with Gasteiger partial charge in [-0.2, -0.15) is 0 Å². The number of carbonyl (C=O) groups is 1. The lowest BCUT2D eigenvalue weighted by Gasteiger charge is -2.15. The zero-order chi connectivity index (χ0) is 16.4. The quantitative estimate of drug-likeness (QED) is 0.891. The van der Waals surface area contributed by atoms with E-state index in [9.17, 15) is 4.79 Å². The van der Waals surface area contributed by atoms with Crippen molar-refractivity contribution in [3.8, 4) is 10.6 Å². The highest BCUT2D eigenvalue weighted by Crippen LogP contribution is 2.32. The van der Waals surface area contributed by atoms with Gasteiger partial charge in [0, 0.05) is 29.1 Å². The van der Waals surface area contributed by atoms with Gasteiger partial charge in [-0.25, -0.2) is 4.98 Å². The first-order valence-electron chi connectivity index (χ1n) is 7.43. The summed E-state index contributed by atoms with van der Waals surface area (Å²) in [6, 6.07) is 5.29. The van der Waals surface area contributed by atoms with Gasteiger partial charge < -0.3 is 10.2 Å². The molecule has 1 aliphatic rings. The predicted octanol–water partition coefficient (Wildman–Crippen LogP) is 3.80. The summed E-state index contributed by atoms with van der Waals surface area (Å²) in [6.45, 7) is 2.51. The number of nitrogens with zero attached hydrogens (tertiary/aromatic N) is 2. The highest BCUT2D eigenvalue weighted by atomic mass is 35.5. The number of rotatable bonds is 4.